The summed E-state index contributed by atoms with van der Waals surface area (Å²) in [4.78, 5) is 29.5. The maximum absolute atomic E-state index is 11.6. The summed E-state index contributed by atoms with van der Waals surface area (Å²) in [5.74, 6) is -0.560. The van der Waals surface area contributed by atoms with E-state index in [-0.39, 0.29) is 5.69 Å². The number of carbonyl (C=O) groups excluding carboxylic acids is 1. The monoisotopic (exact) mass is 266 g/mol. The Balaban J connectivity index is 2.23. The molecule has 0 amide bonds. The zero-order chi connectivity index (χ0) is 13.8. The van der Waals surface area contributed by atoms with Gasteiger partial charge < -0.3 is 14.8 Å². The lowest BCUT2D eigenvalue weighted by Crippen LogP contribution is -2.20. The Morgan fingerprint density at radius 2 is 2.11 bits per heavy atom. The van der Waals surface area contributed by atoms with Crippen LogP contribution in [0.15, 0.2) is 4.79 Å². The van der Waals surface area contributed by atoms with Crippen molar-refractivity contribution in [2.75, 3.05) is 7.11 Å². The van der Waals surface area contributed by atoms with Crippen molar-refractivity contribution in [3.63, 3.8) is 0 Å². The van der Waals surface area contributed by atoms with Crippen LogP contribution in [0.25, 0.3) is 0 Å². The van der Waals surface area contributed by atoms with Crippen LogP contribution in [-0.2, 0) is 11.2 Å². The normalized spacial score (nSPS) is 16.3. The number of nitrogens with one attached hydrogen (secondary N) is 1. The van der Waals surface area contributed by atoms with Gasteiger partial charge in [0.2, 0.25) is 5.75 Å². The van der Waals surface area contributed by atoms with Gasteiger partial charge in [-0.2, -0.15) is 0 Å². The molecule has 19 heavy (non-hydrogen) atoms. The largest absolute Gasteiger partial charge is 0.501 e. The second-order valence-corrected chi connectivity index (χ2v) is 4.91. The lowest BCUT2D eigenvalue weighted by atomic mass is 9.87. The quantitative estimate of drug-likeness (QED) is 0.806. The van der Waals surface area contributed by atoms with Crippen LogP contribution in [0.4, 0.5) is 0 Å². The molecule has 0 aliphatic heterocycles. The Labute approximate surface area is 110 Å². The maximum Gasteiger partial charge on any atom is 0.360 e. The second kappa shape index (κ2) is 5.86. The molecular formula is C13H18N2O4. The predicted octanol–water partition coefficient (Wildman–Crippen LogP) is 1.38. The van der Waals surface area contributed by atoms with Gasteiger partial charge in [0.1, 0.15) is 5.82 Å². The van der Waals surface area contributed by atoms with Crippen molar-refractivity contribution in [2.45, 2.75) is 38.5 Å². The van der Waals surface area contributed by atoms with E-state index >= 15 is 0 Å². The molecule has 0 spiro atoms. The van der Waals surface area contributed by atoms with Crippen molar-refractivity contribution in [2.24, 2.45) is 5.92 Å². The molecule has 1 aromatic heterocycles. The van der Waals surface area contributed by atoms with Gasteiger partial charge >= 0.3 is 5.97 Å². The highest BCUT2D eigenvalue weighted by molar-refractivity contribution is 5.89. The summed E-state index contributed by atoms with van der Waals surface area (Å²) in [7, 11) is 1.19. The zero-order valence-electron chi connectivity index (χ0n) is 10.9. The predicted molar refractivity (Wildman–Crippen MR) is 68.1 cm³/mol. The number of esters is 1. The number of carbonyl (C=O) groups is 1. The molecule has 0 atom stereocenters. The van der Waals surface area contributed by atoms with Crippen molar-refractivity contribution in [3.8, 4) is 5.75 Å². The molecule has 1 aliphatic rings. The smallest absolute Gasteiger partial charge is 0.360 e. The molecule has 0 unspecified atom stereocenters. The summed E-state index contributed by atoms with van der Waals surface area (Å²) in [6.07, 6.45) is 6.48. The Kier molecular flexibility index (Phi) is 4.19. The van der Waals surface area contributed by atoms with Crippen LogP contribution < -0.4 is 5.56 Å². The summed E-state index contributed by atoms with van der Waals surface area (Å²) < 4.78 is 4.50. The first-order valence-corrected chi connectivity index (χ1v) is 6.52. The number of hydrogen-bond donors (Lipinski definition) is 2. The standard InChI is InChI=1S/C13H18N2O4/c1-19-13(18)10-11(16)12(17)15-9(14-10)7-8-5-3-2-4-6-8/h8,16H,2-7H2,1H3,(H,14,15,17). The zero-order valence-corrected chi connectivity index (χ0v) is 10.9. The van der Waals surface area contributed by atoms with E-state index in [1.807, 2.05) is 0 Å². The third-order valence-electron chi connectivity index (χ3n) is 3.53. The number of rotatable bonds is 3. The van der Waals surface area contributed by atoms with Crippen molar-refractivity contribution < 1.29 is 14.6 Å². The maximum atomic E-state index is 11.6. The molecule has 0 radical (unpaired) electrons. The molecule has 1 heterocycles. The first kappa shape index (κ1) is 13.6. The van der Waals surface area contributed by atoms with Gasteiger partial charge in [0.25, 0.3) is 5.56 Å². The molecule has 1 fully saturated rings. The number of ether oxygens (including phenoxy) is 1. The summed E-state index contributed by atoms with van der Waals surface area (Å²) in [6, 6.07) is 0. The van der Waals surface area contributed by atoms with Crippen LogP contribution in [0.5, 0.6) is 5.75 Å². The van der Waals surface area contributed by atoms with E-state index in [4.69, 9.17) is 0 Å². The fourth-order valence-corrected chi connectivity index (χ4v) is 2.51. The molecule has 104 valence electrons. The molecule has 1 saturated carbocycles. The van der Waals surface area contributed by atoms with Crippen LogP contribution in [0.1, 0.15) is 48.4 Å². The van der Waals surface area contributed by atoms with Crippen LogP contribution in [0.2, 0.25) is 0 Å². The first-order valence-electron chi connectivity index (χ1n) is 6.52. The number of aromatic amines is 1. The molecule has 1 aliphatic carbocycles. The van der Waals surface area contributed by atoms with Crippen LogP contribution in [-0.4, -0.2) is 28.2 Å². The molecule has 0 saturated heterocycles. The van der Waals surface area contributed by atoms with E-state index in [1.54, 1.807) is 0 Å². The lowest BCUT2D eigenvalue weighted by Gasteiger charge is -2.20. The highest BCUT2D eigenvalue weighted by Gasteiger charge is 2.20. The average Bonchev–Trinajstić information content (AvgIpc) is 2.43. The highest BCUT2D eigenvalue weighted by Crippen LogP contribution is 2.26. The van der Waals surface area contributed by atoms with Gasteiger partial charge in [-0.15, -0.1) is 0 Å². The van der Waals surface area contributed by atoms with E-state index in [0.717, 1.165) is 12.8 Å². The minimum Gasteiger partial charge on any atom is -0.501 e. The molecule has 0 bridgehead atoms. The van der Waals surface area contributed by atoms with Crippen molar-refractivity contribution in [1.82, 2.24) is 9.97 Å². The van der Waals surface area contributed by atoms with Crippen LogP contribution >= 0.6 is 0 Å². The number of H-pyrrole nitrogens is 1. The van der Waals surface area contributed by atoms with Crippen LogP contribution in [0.3, 0.4) is 0 Å². The number of nitrogens with zero attached hydrogens (tertiary/aromatic N) is 1. The lowest BCUT2D eigenvalue weighted by molar-refractivity contribution is 0.0589. The third kappa shape index (κ3) is 3.13. The van der Waals surface area contributed by atoms with Crippen molar-refractivity contribution in [3.05, 3.63) is 21.9 Å². The van der Waals surface area contributed by atoms with Crippen molar-refractivity contribution in [1.29, 1.82) is 0 Å². The number of methoxy groups -OCH3 is 1. The van der Waals surface area contributed by atoms with Gasteiger partial charge in [-0.1, -0.05) is 32.1 Å². The number of aromatic nitrogens is 2. The topological polar surface area (TPSA) is 92.3 Å². The van der Waals surface area contributed by atoms with Crippen molar-refractivity contribution >= 4 is 5.97 Å². The second-order valence-electron chi connectivity index (χ2n) is 4.91. The fraction of sp³-hybridized carbons (Fsp3) is 0.615. The molecule has 2 N–H and O–H groups in total. The summed E-state index contributed by atoms with van der Waals surface area (Å²) in [5, 5.41) is 9.52. The highest BCUT2D eigenvalue weighted by atomic mass is 16.5. The number of aromatic hydroxyl groups is 1. The summed E-state index contributed by atoms with van der Waals surface area (Å²) >= 11 is 0. The van der Waals surface area contributed by atoms with Gasteiger partial charge in [-0.25, -0.2) is 9.78 Å². The minimum absolute atomic E-state index is 0.308. The van der Waals surface area contributed by atoms with Gasteiger partial charge in [0.15, 0.2) is 5.69 Å². The molecule has 2 rings (SSSR count). The Hall–Kier alpha value is -1.85. The Morgan fingerprint density at radius 1 is 1.42 bits per heavy atom. The first-order chi connectivity index (χ1) is 9.11. The van der Waals surface area contributed by atoms with E-state index < -0.39 is 17.3 Å². The van der Waals surface area contributed by atoms with Crippen LogP contribution in [0, 0.1) is 5.92 Å². The minimum atomic E-state index is -0.798. The molecule has 6 nitrogen and oxygen atoms in total. The van der Waals surface area contributed by atoms with Gasteiger partial charge in [0, 0.05) is 6.42 Å². The van der Waals surface area contributed by atoms with E-state index in [9.17, 15) is 14.7 Å². The summed E-state index contributed by atoms with van der Waals surface area (Å²) in [5.41, 5.74) is -1.00. The van der Waals surface area contributed by atoms with E-state index in [0.29, 0.717) is 18.2 Å². The number of hydrogen-bond acceptors (Lipinski definition) is 5. The summed E-state index contributed by atoms with van der Waals surface area (Å²) in [6.45, 7) is 0. The third-order valence-corrected chi connectivity index (χ3v) is 3.53. The van der Waals surface area contributed by atoms with E-state index in [1.165, 1.54) is 26.4 Å². The van der Waals surface area contributed by atoms with Gasteiger partial charge in [-0.3, -0.25) is 4.79 Å². The fourth-order valence-electron chi connectivity index (χ4n) is 2.51. The molecule has 1 aromatic rings. The molecular weight excluding hydrogens is 248 g/mol. The SMILES string of the molecule is COC(=O)c1nc(CC2CCCCC2)[nH]c(=O)c1O. The van der Waals surface area contributed by atoms with Gasteiger partial charge in [0.05, 0.1) is 7.11 Å². The van der Waals surface area contributed by atoms with E-state index in [2.05, 4.69) is 14.7 Å². The Morgan fingerprint density at radius 3 is 2.74 bits per heavy atom. The average molecular weight is 266 g/mol. The molecule has 0 aromatic carbocycles. The molecule has 6 heteroatoms. The Bertz CT molecular complexity index is 518. The van der Waals surface area contributed by atoms with Gasteiger partial charge in [-0.05, 0) is 5.92 Å².